The van der Waals surface area contributed by atoms with Crippen LogP contribution in [-0.4, -0.2) is 29.6 Å². The normalized spacial score (nSPS) is 9.90. The molecule has 20 heavy (non-hydrogen) atoms. The number of carbonyl (C=O) groups excluding carboxylic acids is 1. The number of hydrogen-bond donors (Lipinski definition) is 1. The van der Waals surface area contributed by atoms with E-state index >= 15 is 0 Å². The lowest BCUT2D eigenvalue weighted by Gasteiger charge is -2.14. The minimum Gasteiger partial charge on any atom is -0.467 e. The number of rotatable bonds is 4. The van der Waals surface area contributed by atoms with Crippen molar-refractivity contribution < 1.29 is 14.3 Å². The van der Waals surface area contributed by atoms with Crippen molar-refractivity contribution in [3.8, 4) is 11.8 Å². The monoisotopic (exact) mass is 289 g/mol. The first-order valence-corrected chi connectivity index (χ1v) is 7.00. The summed E-state index contributed by atoms with van der Waals surface area (Å²) in [5.41, 5.74) is 0. The second-order valence-electron chi connectivity index (χ2n) is 4.18. The standard InChI is InChI=1S/C15H15NO3S/c1-16(11-12-5-4-10-19-12)15(18)14-8-7-13(20-14)6-2-3-9-17/h4-5,7-8,10,17H,3,9,11H2,1H3. The summed E-state index contributed by atoms with van der Waals surface area (Å²) in [6.07, 6.45) is 2.03. The predicted octanol–water partition coefficient (Wildman–Crippen LogP) is 2.35. The minimum absolute atomic E-state index is 0.0516. The SMILES string of the molecule is CN(Cc1ccco1)C(=O)c1ccc(C#CCCO)s1. The molecule has 0 saturated heterocycles. The van der Waals surface area contributed by atoms with Gasteiger partial charge in [0.1, 0.15) is 5.76 Å². The van der Waals surface area contributed by atoms with Gasteiger partial charge in [0, 0.05) is 13.5 Å². The Balaban J connectivity index is 2.00. The lowest BCUT2D eigenvalue weighted by Crippen LogP contribution is -2.25. The maximum atomic E-state index is 12.2. The summed E-state index contributed by atoms with van der Waals surface area (Å²) in [5, 5.41) is 8.66. The van der Waals surface area contributed by atoms with Gasteiger partial charge in [-0.2, -0.15) is 0 Å². The molecular weight excluding hydrogens is 274 g/mol. The third kappa shape index (κ3) is 3.73. The maximum Gasteiger partial charge on any atom is 0.264 e. The van der Waals surface area contributed by atoms with Gasteiger partial charge in [-0.3, -0.25) is 4.79 Å². The molecule has 2 aromatic heterocycles. The van der Waals surface area contributed by atoms with Crippen LogP contribution in [0.5, 0.6) is 0 Å². The van der Waals surface area contributed by atoms with Crippen LogP contribution in [0.15, 0.2) is 34.9 Å². The van der Waals surface area contributed by atoms with Crippen molar-refractivity contribution in [3.05, 3.63) is 46.0 Å². The minimum atomic E-state index is -0.0541. The Hall–Kier alpha value is -2.03. The van der Waals surface area contributed by atoms with Crippen molar-refractivity contribution >= 4 is 17.2 Å². The molecule has 2 aromatic rings. The van der Waals surface area contributed by atoms with E-state index in [9.17, 15) is 4.79 Å². The molecule has 2 rings (SSSR count). The van der Waals surface area contributed by atoms with E-state index in [0.717, 1.165) is 10.6 Å². The second kappa shape index (κ2) is 6.94. The van der Waals surface area contributed by atoms with Gasteiger partial charge in [0.05, 0.1) is 29.2 Å². The van der Waals surface area contributed by atoms with E-state index in [2.05, 4.69) is 11.8 Å². The molecular formula is C15H15NO3S. The van der Waals surface area contributed by atoms with Crippen molar-refractivity contribution in [2.75, 3.05) is 13.7 Å². The Kier molecular flexibility index (Phi) is 4.99. The zero-order chi connectivity index (χ0) is 14.4. The number of thiophene rings is 1. The summed E-state index contributed by atoms with van der Waals surface area (Å²) in [4.78, 5) is 15.3. The fraction of sp³-hybridized carbons (Fsp3) is 0.267. The largest absolute Gasteiger partial charge is 0.467 e. The molecule has 0 aliphatic carbocycles. The lowest BCUT2D eigenvalue weighted by molar-refractivity contribution is 0.0780. The quantitative estimate of drug-likeness (QED) is 0.879. The van der Waals surface area contributed by atoms with E-state index in [1.165, 1.54) is 11.3 Å². The zero-order valence-electron chi connectivity index (χ0n) is 11.1. The molecule has 0 bridgehead atoms. The van der Waals surface area contributed by atoms with Crippen LogP contribution in [-0.2, 0) is 6.54 Å². The Labute approximate surface area is 121 Å². The molecule has 0 spiro atoms. The van der Waals surface area contributed by atoms with Crippen LogP contribution in [0.1, 0.15) is 26.7 Å². The van der Waals surface area contributed by atoms with Crippen LogP contribution in [0, 0.1) is 11.8 Å². The van der Waals surface area contributed by atoms with E-state index in [1.54, 1.807) is 30.3 Å². The maximum absolute atomic E-state index is 12.2. The molecule has 5 heteroatoms. The fourth-order valence-corrected chi connectivity index (χ4v) is 2.50. The van der Waals surface area contributed by atoms with Crippen LogP contribution < -0.4 is 0 Å². The first kappa shape index (κ1) is 14.4. The summed E-state index contributed by atoms with van der Waals surface area (Å²) in [5.74, 6) is 6.46. The molecule has 1 amide bonds. The van der Waals surface area contributed by atoms with Crippen LogP contribution in [0.2, 0.25) is 0 Å². The molecule has 2 heterocycles. The molecule has 0 aliphatic heterocycles. The van der Waals surface area contributed by atoms with E-state index in [0.29, 0.717) is 17.8 Å². The van der Waals surface area contributed by atoms with E-state index in [4.69, 9.17) is 9.52 Å². The molecule has 0 saturated carbocycles. The van der Waals surface area contributed by atoms with Crippen molar-refractivity contribution in [2.24, 2.45) is 0 Å². The number of amides is 1. The highest BCUT2D eigenvalue weighted by Gasteiger charge is 2.15. The predicted molar refractivity (Wildman–Crippen MR) is 77.4 cm³/mol. The van der Waals surface area contributed by atoms with Gasteiger partial charge in [-0.25, -0.2) is 0 Å². The molecule has 0 atom stereocenters. The topological polar surface area (TPSA) is 53.7 Å². The molecule has 0 radical (unpaired) electrons. The summed E-state index contributed by atoms with van der Waals surface area (Å²) >= 11 is 1.36. The number of carbonyl (C=O) groups is 1. The Morgan fingerprint density at radius 1 is 1.45 bits per heavy atom. The highest BCUT2D eigenvalue weighted by molar-refractivity contribution is 7.14. The van der Waals surface area contributed by atoms with E-state index in [1.807, 2.05) is 12.1 Å². The van der Waals surface area contributed by atoms with Gasteiger partial charge >= 0.3 is 0 Å². The van der Waals surface area contributed by atoms with Gasteiger partial charge < -0.3 is 14.4 Å². The average Bonchev–Trinajstić information content (AvgIpc) is 3.09. The number of aliphatic hydroxyl groups is 1. The van der Waals surface area contributed by atoms with Gasteiger partial charge in [-0.1, -0.05) is 11.8 Å². The first-order valence-electron chi connectivity index (χ1n) is 6.18. The van der Waals surface area contributed by atoms with Gasteiger partial charge in [0.15, 0.2) is 0 Å². The number of hydrogen-bond acceptors (Lipinski definition) is 4. The smallest absolute Gasteiger partial charge is 0.264 e. The van der Waals surface area contributed by atoms with Crippen LogP contribution >= 0.6 is 11.3 Å². The first-order chi connectivity index (χ1) is 9.70. The van der Waals surface area contributed by atoms with Gasteiger partial charge in [-0.05, 0) is 24.3 Å². The molecule has 104 valence electrons. The number of furan rings is 1. The van der Waals surface area contributed by atoms with Gasteiger partial charge in [-0.15, -0.1) is 11.3 Å². The Morgan fingerprint density at radius 2 is 2.30 bits per heavy atom. The Morgan fingerprint density at radius 3 is 3.00 bits per heavy atom. The molecule has 0 aliphatic rings. The Bertz CT molecular complexity index is 619. The summed E-state index contributed by atoms with van der Waals surface area (Å²) < 4.78 is 5.22. The van der Waals surface area contributed by atoms with Crippen molar-refractivity contribution in [2.45, 2.75) is 13.0 Å². The zero-order valence-corrected chi connectivity index (χ0v) is 11.9. The second-order valence-corrected chi connectivity index (χ2v) is 5.26. The highest BCUT2D eigenvalue weighted by atomic mass is 32.1. The van der Waals surface area contributed by atoms with Crippen molar-refractivity contribution in [3.63, 3.8) is 0 Å². The van der Waals surface area contributed by atoms with Crippen molar-refractivity contribution in [1.82, 2.24) is 4.90 Å². The average molecular weight is 289 g/mol. The number of nitrogens with zero attached hydrogens (tertiary/aromatic N) is 1. The molecule has 1 N–H and O–H groups in total. The molecule has 0 aromatic carbocycles. The van der Waals surface area contributed by atoms with E-state index < -0.39 is 0 Å². The number of aliphatic hydroxyl groups excluding tert-OH is 1. The molecule has 0 fully saturated rings. The third-order valence-corrected chi connectivity index (χ3v) is 3.57. The summed E-state index contributed by atoms with van der Waals surface area (Å²) in [6, 6.07) is 7.23. The molecule has 0 unspecified atom stereocenters. The van der Waals surface area contributed by atoms with Crippen molar-refractivity contribution in [1.29, 1.82) is 0 Å². The summed E-state index contributed by atoms with van der Waals surface area (Å²) in [6.45, 7) is 0.491. The van der Waals surface area contributed by atoms with E-state index in [-0.39, 0.29) is 12.5 Å². The van der Waals surface area contributed by atoms with Crippen LogP contribution in [0.3, 0.4) is 0 Å². The summed E-state index contributed by atoms with van der Waals surface area (Å²) in [7, 11) is 1.74. The highest BCUT2D eigenvalue weighted by Crippen LogP contribution is 2.18. The lowest BCUT2D eigenvalue weighted by atomic mass is 10.3. The van der Waals surface area contributed by atoms with Crippen LogP contribution in [0.25, 0.3) is 0 Å². The third-order valence-electron chi connectivity index (χ3n) is 2.58. The molecule has 4 nitrogen and oxygen atoms in total. The van der Waals surface area contributed by atoms with Crippen LogP contribution in [0.4, 0.5) is 0 Å². The van der Waals surface area contributed by atoms with Gasteiger partial charge in [0.2, 0.25) is 0 Å². The van der Waals surface area contributed by atoms with Gasteiger partial charge in [0.25, 0.3) is 5.91 Å². The fourth-order valence-electron chi connectivity index (χ4n) is 1.62.